The highest BCUT2D eigenvalue weighted by molar-refractivity contribution is 7.07. The van der Waals surface area contributed by atoms with Crippen LogP contribution in [0.25, 0.3) is 0 Å². The van der Waals surface area contributed by atoms with E-state index >= 15 is 0 Å². The summed E-state index contributed by atoms with van der Waals surface area (Å²) in [4.78, 5) is 4.20. The standard InChI is InChI=1S/C10H14N4S/c1-14-6-9(4-13-14)2-3-11-5-10-7-15-8-12-10/h4,6-8,11H,2-3,5H2,1H3. The third-order valence-electron chi connectivity index (χ3n) is 2.14. The SMILES string of the molecule is Cn1cc(CCNCc2cscn2)cn1. The number of aromatic nitrogens is 3. The molecule has 5 heteroatoms. The van der Waals surface area contributed by atoms with Gasteiger partial charge < -0.3 is 5.32 Å². The van der Waals surface area contributed by atoms with Crippen LogP contribution < -0.4 is 5.32 Å². The predicted octanol–water partition coefficient (Wildman–Crippen LogP) is 1.21. The lowest BCUT2D eigenvalue weighted by Crippen LogP contribution is -2.16. The Morgan fingerprint density at radius 2 is 2.47 bits per heavy atom. The lowest BCUT2D eigenvalue weighted by Gasteiger charge is -2.00. The van der Waals surface area contributed by atoms with Gasteiger partial charge in [-0.05, 0) is 18.5 Å². The molecule has 0 aromatic carbocycles. The number of thiazole rings is 1. The summed E-state index contributed by atoms with van der Waals surface area (Å²) in [6.45, 7) is 1.81. The Labute approximate surface area is 93.0 Å². The molecule has 0 spiro atoms. The molecular weight excluding hydrogens is 208 g/mol. The van der Waals surface area contributed by atoms with Gasteiger partial charge >= 0.3 is 0 Å². The number of hydrogen-bond donors (Lipinski definition) is 1. The Kier molecular flexibility index (Phi) is 3.47. The van der Waals surface area contributed by atoms with Crippen LogP contribution in [0.2, 0.25) is 0 Å². The molecule has 0 saturated heterocycles. The van der Waals surface area contributed by atoms with E-state index in [1.807, 2.05) is 29.6 Å². The van der Waals surface area contributed by atoms with Gasteiger partial charge in [0.25, 0.3) is 0 Å². The monoisotopic (exact) mass is 222 g/mol. The Bertz CT molecular complexity index is 393. The summed E-state index contributed by atoms with van der Waals surface area (Å²) in [5.74, 6) is 0. The van der Waals surface area contributed by atoms with Crippen molar-refractivity contribution in [3.8, 4) is 0 Å². The van der Waals surface area contributed by atoms with Gasteiger partial charge in [0, 0.05) is 25.2 Å². The molecule has 4 nitrogen and oxygen atoms in total. The van der Waals surface area contributed by atoms with E-state index in [0.29, 0.717) is 0 Å². The van der Waals surface area contributed by atoms with E-state index in [1.54, 1.807) is 11.3 Å². The first-order valence-corrected chi connectivity index (χ1v) is 5.84. The van der Waals surface area contributed by atoms with Crippen LogP contribution >= 0.6 is 11.3 Å². The number of nitrogens with zero attached hydrogens (tertiary/aromatic N) is 3. The summed E-state index contributed by atoms with van der Waals surface area (Å²) in [7, 11) is 1.94. The molecule has 0 unspecified atom stereocenters. The van der Waals surface area contributed by atoms with Crippen LogP contribution in [-0.2, 0) is 20.0 Å². The van der Waals surface area contributed by atoms with E-state index in [4.69, 9.17) is 0 Å². The van der Waals surface area contributed by atoms with Gasteiger partial charge in [-0.3, -0.25) is 4.68 Å². The van der Waals surface area contributed by atoms with Crippen LogP contribution in [0.3, 0.4) is 0 Å². The van der Waals surface area contributed by atoms with Crippen LogP contribution in [0.5, 0.6) is 0 Å². The Morgan fingerprint density at radius 3 is 3.13 bits per heavy atom. The van der Waals surface area contributed by atoms with Gasteiger partial charge in [-0.25, -0.2) is 4.98 Å². The van der Waals surface area contributed by atoms with E-state index < -0.39 is 0 Å². The molecule has 2 rings (SSSR count). The minimum absolute atomic E-state index is 0.851. The molecule has 0 saturated carbocycles. The van der Waals surface area contributed by atoms with Crippen LogP contribution in [-0.4, -0.2) is 21.3 Å². The number of hydrogen-bond acceptors (Lipinski definition) is 4. The fourth-order valence-corrected chi connectivity index (χ4v) is 1.93. The zero-order chi connectivity index (χ0) is 10.5. The van der Waals surface area contributed by atoms with E-state index in [1.165, 1.54) is 5.56 Å². The van der Waals surface area contributed by atoms with E-state index in [-0.39, 0.29) is 0 Å². The summed E-state index contributed by atoms with van der Waals surface area (Å²) in [5.41, 5.74) is 4.24. The fraction of sp³-hybridized carbons (Fsp3) is 0.400. The average molecular weight is 222 g/mol. The van der Waals surface area contributed by atoms with Crippen molar-refractivity contribution in [3.05, 3.63) is 34.5 Å². The molecule has 0 bridgehead atoms. The summed E-state index contributed by atoms with van der Waals surface area (Å²) in [5, 5.41) is 9.54. The quantitative estimate of drug-likeness (QED) is 0.773. The van der Waals surface area contributed by atoms with Crippen LogP contribution in [0.15, 0.2) is 23.3 Å². The normalized spacial score (nSPS) is 10.7. The molecule has 0 aliphatic rings. The Balaban J connectivity index is 1.67. The highest BCUT2D eigenvalue weighted by atomic mass is 32.1. The molecule has 0 fully saturated rings. The van der Waals surface area contributed by atoms with Crippen molar-refractivity contribution < 1.29 is 0 Å². The molecular formula is C10H14N4S. The smallest absolute Gasteiger partial charge is 0.0795 e. The number of nitrogens with one attached hydrogen (secondary N) is 1. The second-order valence-corrected chi connectivity index (χ2v) is 4.15. The third kappa shape index (κ3) is 3.14. The van der Waals surface area contributed by atoms with Crippen molar-refractivity contribution in [1.82, 2.24) is 20.1 Å². The lowest BCUT2D eigenvalue weighted by atomic mass is 10.2. The van der Waals surface area contributed by atoms with Crippen molar-refractivity contribution in [2.24, 2.45) is 7.05 Å². The summed E-state index contributed by atoms with van der Waals surface area (Å²) < 4.78 is 1.83. The maximum absolute atomic E-state index is 4.20. The molecule has 0 atom stereocenters. The second-order valence-electron chi connectivity index (χ2n) is 3.43. The Hall–Kier alpha value is -1.20. The van der Waals surface area contributed by atoms with E-state index in [2.05, 4.69) is 20.8 Å². The largest absolute Gasteiger partial charge is 0.311 e. The van der Waals surface area contributed by atoms with Crippen molar-refractivity contribution >= 4 is 11.3 Å². The van der Waals surface area contributed by atoms with Crippen molar-refractivity contribution in [2.45, 2.75) is 13.0 Å². The van der Waals surface area contributed by atoms with Crippen molar-refractivity contribution in [3.63, 3.8) is 0 Å². The van der Waals surface area contributed by atoms with Gasteiger partial charge in [0.1, 0.15) is 0 Å². The molecule has 0 radical (unpaired) electrons. The number of aryl methyl sites for hydroxylation is 1. The first-order chi connectivity index (χ1) is 7.34. The van der Waals surface area contributed by atoms with E-state index in [0.717, 1.165) is 25.2 Å². The van der Waals surface area contributed by atoms with Crippen LogP contribution in [0.4, 0.5) is 0 Å². The highest BCUT2D eigenvalue weighted by Crippen LogP contribution is 2.00. The molecule has 0 aliphatic heterocycles. The lowest BCUT2D eigenvalue weighted by molar-refractivity contribution is 0.677. The van der Waals surface area contributed by atoms with E-state index in [9.17, 15) is 0 Å². The topological polar surface area (TPSA) is 42.7 Å². The van der Waals surface area contributed by atoms with Crippen molar-refractivity contribution in [1.29, 1.82) is 0 Å². The molecule has 0 amide bonds. The predicted molar refractivity (Wildman–Crippen MR) is 60.7 cm³/mol. The van der Waals surface area contributed by atoms with Gasteiger partial charge in [-0.15, -0.1) is 11.3 Å². The first kappa shape index (κ1) is 10.3. The molecule has 2 aromatic heterocycles. The molecule has 2 aromatic rings. The summed E-state index contributed by atoms with van der Waals surface area (Å²) >= 11 is 1.63. The van der Waals surface area contributed by atoms with Gasteiger partial charge in [0.05, 0.1) is 17.4 Å². The van der Waals surface area contributed by atoms with Gasteiger partial charge in [0.15, 0.2) is 0 Å². The number of rotatable bonds is 5. The van der Waals surface area contributed by atoms with Crippen LogP contribution in [0.1, 0.15) is 11.3 Å². The summed E-state index contributed by atoms with van der Waals surface area (Å²) in [6, 6.07) is 0. The van der Waals surface area contributed by atoms with Gasteiger partial charge in [-0.1, -0.05) is 0 Å². The molecule has 15 heavy (non-hydrogen) atoms. The van der Waals surface area contributed by atoms with Gasteiger partial charge in [0.2, 0.25) is 0 Å². The third-order valence-corrected chi connectivity index (χ3v) is 2.77. The first-order valence-electron chi connectivity index (χ1n) is 4.90. The Morgan fingerprint density at radius 1 is 1.53 bits per heavy atom. The molecule has 1 N–H and O–H groups in total. The molecule has 0 aliphatic carbocycles. The minimum atomic E-state index is 0.851. The zero-order valence-electron chi connectivity index (χ0n) is 8.68. The summed E-state index contributed by atoms with van der Waals surface area (Å²) in [6.07, 6.45) is 4.97. The van der Waals surface area contributed by atoms with Gasteiger partial charge in [-0.2, -0.15) is 5.10 Å². The maximum atomic E-state index is 4.20. The molecule has 2 heterocycles. The minimum Gasteiger partial charge on any atom is -0.311 e. The van der Waals surface area contributed by atoms with Crippen molar-refractivity contribution in [2.75, 3.05) is 6.54 Å². The van der Waals surface area contributed by atoms with Crippen LogP contribution in [0, 0.1) is 0 Å². The zero-order valence-corrected chi connectivity index (χ0v) is 9.50. The highest BCUT2D eigenvalue weighted by Gasteiger charge is 1.97. The second kappa shape index (κ2) is 5.04. The fourth-order valence-electron chi connectivity index (χ4n) is 1.37. The maximum Gasteiger partial charge on any atom is 0.0795 e. The average Bonchev–Trinajstić information content (AvgIpc) is 2.84. The molecule has 80 valence electrons.